The first-order chi connectivity index (χ1) is 19.6. The summed E-state index contributed by atoms with van der Waals surface area (Å²) in [6.07, 6.45) is 4.36. The molecule has 3 heterocycles. The molecule has 0 saturated heterocycles. The third-order valence-electron chi connectivity index (χ3n) is 8.50. The number of hydrogen-bond donors (Lipinski definition) is 2. The van der Waals surface area contributed by atoms with Crippen molar-refractivity contribution in [2.75, 3.05) is 37.9 Å². The summed E-state index contributed by atoms with van der Waals surface area (Å²) in [4.78, 5) is 27.6. The van der Waals surface area contributed by atoms with Crippen LogP contribution in [-0.2, 0) is 21.1 Å². The maximum atomic E-state index is 12.2. The van der Waals surface area contributed by atoms with Crippen LogP contribution in [0, 0.1) is 18.3 Å². The van der Waals surface area contributed by atoms with Crippen LogP contribution in [0.15, 0.2) is 36.7 Å². The molecule has 10 heteroatoms. The fourth-order valence-electron chi connectivity index (χ4n) is 4.66. The van der Waals surface area contributed by atoms with E-state index in [-0.39, 0.29) is 16.4 Å². The number of anilines is 3. The Labute approximate surface area is 250 Å². The van der Waals surface area contributed by atoms with E-state index in [1.165, 1.54) is 0 Å². The molecule has 222 valence electrons. The number of fused-ring (bicyclic) bond motifs is 1. The lowest BCUT2D eigenvalue weighted by molar-refractivity contribution is -0.128. The molecule has 2 aromatic heterocycles. The Hall–Kier alpha value is -3.81. The highest BCUT2D eigenvalue weighted by Gasteiger charge is 2.42. The van der Waals surface area contributed by atoms with E-state index in [0.29, 0.717) is 43.2 Å². The third kappa shape index (κ3) is 6.63. The van der Waals surface area contributed by atoms with Crippen molar-refractivity contribution in [2.24, 2.45) is 0 Å². The summed E-state index contributed by atoms with van der Waals surface area (Å²) in [5, 5.41) is 17.0. The number of nitrogens with zero attached hydrogens (tertiary/aromatic N) is 5. The molecule has 3 aromatic rings. The van der Waals surface area contributed by atoms with Crippen LogP contribution in [0.5, 0.6) is 0 Å². The van der Waals surface area contributed by atoms with Crippen molar-refractivity contribution < 1.29 is 9.22 Å². The Kier molecular flexibility index (Phi) is 8.76. The lowest BCUT2D eigenvalue weighted by Crippen LogP contribution is -2.45. The summed E-state index contributed by atoms with van der Waals surface area (Å²) >= 11 is 0. The molecule has 0 spiro atoms. The summed E-state index contributed by atoms with van der Waals surface area (Å²) in [5.74, 6) is 0.462. The first kappa shape index (κ1) is 31.1. The molecule has 1 amide bonds. The maximum absolute atomic E-state index is 12.2. The molecular weight excluding hydrogens is 542 g/mol. The van der Waals surface area contributed by atoms with E-state index in [2.05, 4.69) is 73.5 Å². The fraction of sp³-hybridized carbons (Fsp3) is 0.469. The number of aryl methyl sites for hydroxylation is 2. The molecule has 0 radical (unpaired) electrons. The molecule has 1 aromatic carbocycles. The lowest BCUT2D eigenvalue weighted by Gasteiger charge is -2.39. The first-order valence-corrected chi connectivity index (χ1v) is 17.3. The van der Waals surface area contributed by atoms with Crippen molar-refractivity contribution in [3.05, 3.63) is 59.0 Å². The third-order valence-corrected chi connectivity index (χ3v) is 13.0. The smallest absolute Gasteiger partial charge is 0.227 e. The summed E-state index contributed by atoms with van der Waals surface area (Å²) in [7, 11) is 1.54. The van der Waals surface area contributed by atoms with Crippen molar-refractivity contribution in [2.45, 2.75) is 71.0 Å². The second-order valence-corrected chi connectivity index (χ2v) is 18.0. The van der Waals surface area contributed by atoms with E-state index in [0.717, 1.165) is 33.8 Å². The summed E-state index contributed by atoms with van der Waals surface area (Å²) in [5.41, 5.74) is 6.32. The Morgan fingerprint density at radius 3 is 2.64 bits per heavy atom. The average molecular weight is 586 g/mol. The highest BCUT2D eigenvalue weighted by atomic mass is 28.4. The SMILES string of the molecule is Cc1cnc(CCC(=O)N(C)C)c(Nc2nccc(-c3cc(C#N)c4c(c3)[C@@](C)(CO[Si](C)(C)C(C)(C)C)CN4)n2)c1. The quantitative estimate of drug-likeness (QED) is 0.286. The monoisotopic (exact) mass is 585 g/mol. The van der Waals surface area contributed by atoms with Gasteiger partial charge in [-0.05, 0) is 60.4 Å². The number of hydrogen-bond acceptors (Lipinski definition) is 8. The standard InChI is InChI=1S/C32H43N7O2Si/c1-21-14-27(26(35-18-21)10-11-28(40)39(6)7)38-30-34-13-12-25(37-30)22-15-23(17-33)29-24(16-22)32(5,19-36-29)20-41-42(8,9)31(2,3)4/h12-16,18,36H,10-11,19-20H2,1-9H3,(H,34,37,38)/t32-/m1/s1. The number of pyridine rings is 1. The molecule has 0 bridgehead atoms. The number of rotatable bonds is 9. The zero-order chi connectivity index (χ0) is 30.9. The summed E-state index contributed by atoms with van der Waals surface area (Å²) in [6.45, 7) is 16.7. The van der Waals surface area contributed by atoms with Gasteiger partial charge in [0.25, 0.3) is 0 Å². The van der Waals surface area contributed by atoms with Crippen LogP contribution in [0.4, 0.5) is 17.3 Å². The van der Waals surface area contributed by atoms with E-state index in [9.17, 15) is 10.1 Å². The van der Waals surface area contributed by atoms with Crippen LogP contribution in [-0.4, -0.2) is 61.3 Å². The van der Waals surface area contributed by atoms with Crippen molar-refractivity contribution in [3.8, 4) is 17.3 Å². The fourth-order valence-corrected chi connectivity index (χ4v) is 5.77. The van der Waals surface area contributed by atoms with Gasteiger partial charge in [-0.2, -0.15) is 5.26 Å². The highest BCUT2D eigenvalue weighted by Crippen LogP contribution is 2.44. The molecule has 1 aliphatic heterocycles. The van der Waals surface area contributed by atoms with Crippen LogP contribution in [0.2, 0.25) is 18.1 Å². The topological polar surface area (TPSA) is 116 Å². The highest BCUT2D eigenvalue weighted by molar-refractivity contribution is 6.74. The minimum Gasteiger partial charge on any atom is -0.416 e. The van der Waals surface area contributed by atoms with Gasteiger partial charge in [-0.1, -0.05) is 27.7 Å². The Balaban J connectivity index is 1.64. The van der Waals surface area contributed by atoms with Gasteiger partial charge in [-0.3, -0.25) is 9.78 Å². The molecule has 42 heavy (non-hydrogen) atoms. The van der Waals surface area contributed by atoms with E-state index in [1.807, 2.05) is 25.1 Å². The van der Waals surface area contributed by atoms with Gasteiger partial charge in [0, 0.05) is 63.5 Å². The van der Waals surface area contributed by atoms with Crippen molar-refractivity contribution >= 4 is 31.5 Å². The normalized spacial score (nSPS) is 16.4. The Morgan fingerprint density at radius 2 is 1.98 bits per heavy atom. The van der Waals surface area contributed by atoms with Crippen LogP contribution in [0.25, 0.3) is 11.3 Å². The van der Waals surface area contributed by atoms with Crippen LogP contribution >= 0.6 is 0 Å². The predicted molar refractivity (Wildman–Crippen MR) is 170 cm³/mol. The predicted octanol–water partition coefficient (Wildman–Crippen LogP) is 6.19. The van der Waals surface area contributed by atoms with Gasteiger partial charge < -0.3 is 20.0 Å². The van der Waals surface area contributed by atoms with E-state index in [1.54, 1.807) is 31.4 Å². The number of carbonyl (C=O) groups is 1. The minimum atomic E-state index is -1.96. The Bertz CT molecular complexity index is 1520. The van der Waals surface area contributed by atoms with Crippen LogP contribution < -0.4 is 10.6 Å². The van der Waals surface area contributed by atoms with Gasteiger partial charge in [0.2, 0.25) is 11.9 Å². The van der Waals surface area contributed by atoms with Crippen molar-refractivity contribution in [1.29, 1.82) is 5.26 Å². The summed E-state index contributed by atoms with van der Waals surface area (Å²) < 4.78 is 6.66. The average Bonchev–Trinajstić information content (AvgIpc) is 3.27. The van der Waals surface area contributed by atoms with E-state index >= 15 is 0 Å². The number of nitrogens with one attached hydrogen (secondary N) is 2. The minimum absolute atomic E-state index is 0.0442. The Morgan fingerprint density at radius 1 is 1.24 bits per heavy atom. The maximum Gasteiger partial charge on any atom is 0.227 e. The number of nitriles is 1. The van der Waals surface area contributed by atoms with E-state index in [4.69, 9.17) is 9.41 Å². The van der Waals surface area contributed by atoms with Crippen LogP contribution in [0.3, 0.4) is 0 Å². The second-order valence-electron chi connectivity index (χ2n) is 13.2. The van der Waals surface area contributed by atoms with Crippen molar-refractivity contribution in [1.82, 2.24) is 19.9 Å². The van der Waals surface area contributed by atoms with Gasteiger partial charge in [-0.15, -0.1) is 0 Å². The van der Waals surface area contributed by atoms with E-state index < -0.39 is 8.32 Å². The van der Waals surface area contributed by atoms with Gasteiger partial charge in [0.15, 0.2) is 8.32 Å². The van der Waals surface area contributed by atoms with Gasteiger partial charge >= 0.3 is 0 Å². The number of carbonyl (C=O) groups excluding carboxylic acids is 1. The largest absolute Gasteiger partial charge is 0.416 e. The zero-order valence-corrected chi connectivity index (χ0v) is 27.3. The van der Waals surface area contributed by atoms with Crippen LogP contribution in [0.1, 0.15) is 56.5 Å². The summed E-state index contributed by atoms with van der Waals surface area (Å²) in [6, 6.07) is 10.2. The second kappa shape index (κ2) is 11.8. The lowest BCUT2D eigenvalue weighted by atomic mass is 9.83. The van der Waals surface area contributed by atoms with Crippen molar-refractivity contribution in [3.63, 3.8) is 0 Å². The van der Waals surface area contributed by atoms with Gasteiger partial charge in [0.05, 0.1) is 28.3 Å². The first-order valence-electron chi connectivity index (χ1n) is 14.4. The number of benzene rings is 1. The number of amides is 1. The molecule has 0 unspecified atom stereocenters. The molecular formula is C32H43N7O2Si. The molecule has 0 saturated carbocycles. The molecule has 1 atom stereocenters. The molecule has 0 fully saturated rings. The zero-order valence-electron chi connectivity index (χ0n) is 26.3. The van der Waals surface area contributed by atoms with Gasteiger partial charge in [-0.25, -0.2) is 9.97 Å². The molecule has 9 nitrogen and oxygen atoms in total. The number of aromatic nitrogens is 3. The van der Waals surface area contributed by atoms with Gasteiger partial charge in [0.1, 0.15) is 6.07 Å². The molecule has 1 aliphatic rings. The molecule has 0 aliphatic carbocycles. The molecule has 4 rings (SSSR count). The molecule has 2 N–H and O–H groups in total.